The molecule has 2 aromatic carbocycles. The lowest BCUT2D eigenvalue weighted by molar-refractivity contribution is 0.0773. The van der Waals surface area contributed by atoms with Gasteiger partial charge in [-0.3, -0.25) is 4.79 Å². The van der Waals surface area contributed by atoms with Crippen molar-refractivity contribution < 1.29 is 4.79 Å². The molecule has 1 heterocycles. The predicted molar refractivity (Wildman–Crippen MR) is 100 cm³/mol. The van der Waals surface area contributed by atoms with E-state index in [1.165, 1.54) is 10.9 Å². The molecule has 0 radical (unpaired) electrons. The minimum absolute atomic E-state index is 0.0942. The molecule has 0 spiro atoms. The van der Waals surface area contributed by atoms with Crippen molar-refractivity contribution in [1.82, 2.24) is 9.88 Å². The van der Waals surface area contributed by atoms with Gasteiger partial charge in [0.05, 0.1) is 5.69 Å². The SMILES string of the molecule is CCN(CC)C(=O)c1cc(C)ccc1-c1[nH]c2ccccc2c1C. The Morgan fingerprint density at radius 2 is 1.75 bits per heavy atom. The highest BCUT2D eigenvalue weighted by Gasteiger charge is 2.20. The first-order chi connectivity index (χ1) is 11.6. The number of rotatable bonds is 4. The molecule has 0 bridgehead atoms. The quantitative estimate of drug-likeness (QED) is 0.726. The maximum Gasteiger partial charge on any atom is 0.254 e. The lowest BCUT2D eigenvalue weighted by Crippen LogP contribution is -2.31. The standard InChI is InChI=1S/C21H24N2O/c1-5-23(6-2)21(24)18-13-14(3)11-12-17(18)20-15(4)16-9-7-8-10-19(16)22-20/h7-13,22H,5-6H2,1-4H3. The smallest absolute Gasteiger partial charge is 0.254 e. The van der Waals surface area contributed by atoms with Gasteiger partial charge in [-0.2, -0.15) is 0 Å². The Bertz CT molecular complexity index is 888. The third kappa shape index (κ3) is 2.71. The van der Waals surface area contributed by atoms with Gasteiger partial charge in [0.2, 0.25) is 0 Å². The number of nitrogens with zero attached hydrogens (tertiary/aromatic N) is 1. The second-order valence-electron chi connectivity index (χ2n) is 6.20. The molecule has 3 heteroatoms. The first-order valence-corrected chi connectivity index (χ1v) is 8.54. The Morgan fingerprint density at radius 3 is 2.42 bits per heavy atom. The third-order valence-corrected chi connectivity index (χ3v) is 4.69. The van der Waals surface area contributed by atoms with E-state index in [-0.39, 0.29) is 5.91 Å². The van der Waals surface area contributed by atoms with Crippen molar-refractivity contribution in [3.05, 3.63) is 59.2 Å². The summed E-state index contributed by atoms with van der Waals surface area (Å²) in [6.45, 7) is 9.61. The molecule has 24 heavy (non-hydrogen) atoms. The lowest BCUT2D eigenvalue weighted by atomic mass is 9.98. The molecule has 3 aromatic rings. The average Bonchev–Trinajstić information content (AvgIpc) is 2.93. The lowest BCUT2D eigenvalue weighted by Gasteiger charge is -2.21. The number of hydrogen-bond acceptors (Lipinski definition) is 1. The summed E-state index contributed by atoms with van der Waals surface area (Å²) in [4.78, 5) is 18.4. The summed E-state index contributed by atoms with van der Waals surface area (Å²) in [6.07, 6.45) is 0. The van der Waals surface area contributed by atoms with Gasteiger partial charge < -0.3 is 9.88 Å². The molecule has 1 amide bonds. The molecule has 0 saturated heterocycles. The van der Waals surface area contributed by atoms with Crippen LogP contribution in [0.3, 0.4) is 0 Å². The second kappa shape index (κ2) is 6.52. The maximum atomic E-state index is 13.0. The molecule has 0 aliphatic rings. The van der Waals surface area contributed by atoms with E-state index in [1.54, 1.807) is 0 Å². The van der Waals surface area contributed by atoms with Crippen LogP contribution in [0.4, 0.5) is 0 Å². The number of aryl methyl sites for hydroxylation is 2. The van der Waals surface area contributed by atoms with Crippen molar-refractivity contribution in [2.75, 3.05) is 13.1 Å². The van der Waals surface area contributed by atoms with Crippen LogP contribution in [0.2, 0.25) is 0 Å². The highest BCUT2D eigenvalue weighted by atomic mass is 16.2. The van der Waals surface area contributed by atoms with E-state index < -0.39 is 0 Å². The molecule has 124 valence electrons. The van der Waals surface area contributed by atoms with Crippen LogP contribution >= 0.6 is 0 Å². The minimum atomic E-state index is 0.0942. The number of nitrogens with one attached hydrogen (secondary N) is 1. The topological polar surface area (TPSA) is 36.1 Å². The summed E-state index contributed by atoms with van der Waals surface area (Å²) in [6, 6.07) is 14.4. The van der Waals surface area contributed by atoms with E-state index in [9.17, 15) is 4.79 Å². The summed E-state index contributed by atoms with van der Waals surface area (Å²) in [5, 5.41) is 1.20. The Kier molecular flexibility index (Phi) is 4.43. The van der Waals surface area contributed by atoms with Gasteiger partial charge >= 0.3 is 0 Å². The fourth-order valence-corrected chi connectivity index (χ4v) is 3.29. The zero-order valence-electron chi connectivity index (χ0n) is 14.8. The largest absolute Gasteiger partial charge is 0.354 e. The number of para-hydroxylation sites is 1. The Hall–Kier alpha value is -2.55. The highest BCUT2D eigenvalue weighted by molar-refractivity contribution is 6.03. The van der Waals surface area contributed by atoms with E-state index in [0.29, 0.717) is 13.1 Å². The average molecular weight is 320 g/mol. The fraction of sp³-hybridized carbons (Fsp3) is 0.286. The van der Waals surface area contributed by atoms with Gasteiger partial charge in [0, 0.05) is 35.1 Å². The number of carbonyl (C=O) groups is 1. The molecule has 0 saturated carbocycles. The zero-order valence-corrected chi connectivity index (χ0v) is 14.8. The first-order valence-electron chi connectivity index (χ1n) is 8.54. The van der Waals surface area contributed by atoms with E-state index in [2.05, 4.69) is 36.2 Å². The van der Waals surface area contributed by atoms with Crippen LogP contribution in [0.5, 0.6) is 0 Å². The molecular weight excluding hydrogens is 296 g/mol. The van der Waals surface area contributed by atoms with Crippen molar-refractivity contribution in [2.45, 2.75) is 27.7 Å². The number of aromatic nitrogens is 1. The number of amides is 1. The van der Waals surface area contributed by atoms with Gasteiger partial charge in [0.15, 0.2) is 0 Å². The van der Waals surface area contributed by atoms with Gasteiger partial charge in [0.1, 0.15) is 0 Å². The first kappa shape index (κ1) is 16.3. The number of benzene rings is 2. The summed E-state index contributed by atoms with van der Waals surface area (Å²) >= 11 is 0. The van der Waals surface area contributed by atoms with Crippen LogP contribution in [-0.4, -0.2) is 28.9 Å². The predicted octanol–water partition coefficient (Wildman–Crippen LogP) is 4.93. The van der Waals surface area contributed by atoms with Crippen molar-refractivity contribution >= 4 is 16.8 Å². The number of fused-ring (bicyclic) bond motifs is 1. The summed E-state index contributed by atoms with van der Waals surface area (Å²) in [5.74, 6) is 0.0942. The molecule has 0 aliphatic heterocycles. The molecule has 0 atom stereocenters. The molecule has 0 unspecified atom stereocenters. The molecule has 1 aromatic heterocycles. The summed E-state index contributed by atoms with van der Waals surface area (Å²) in [7, 11) is 0. The van der Waals surface area contributed by atoms with Crippen LogP contribution in [0.25, 0.3) is 22.2 Å². The van der Waals surface area contributed by atoms with Crippen LogP contribution in [0.15, 0.2) is 42.5 Å². The second-order valence-corrected chi connectivity index (χ2v) is 6.20. The summed E-state index contributed by atoms with van der Waals surface area (Å²) in [5.41, 5.74) is 6.17. The Balaban J connectivity index is 2.20. The number of hydrogen-bond donors (Lipinski definition) is 1. The van der Waals surface area contributed by atoms with Crippen LogP contribution in [0, 0.1) is 13.8 Å². The van der Waals surface area contributed by atoms with Gasteiger partial charge in [-0.15, -0.1) is 0 Å². The van der Waals surface area contributed by atoms with E-state index in [0.717, 1.165) is 27.9 Å². The van der Waals surface area contributed by atoms with Crippen molar-refractivity contribution in [3.8, 4) is 11.3 Å². The monoisotopic (exact) mass is 320 g/mol. The molecule has 3 rings (SSSR count). The van der Waals surface area contributed by atoms with Crippen molar-refractivity contribution in [1.29, 1.82) is 0 Å². The van der Waals surface area contributed by atoms with E-state index in [1.807, 2.05) is 43.9 Å². The van der Waals surface area contributed by atoms with Crippen molar-refractivity contribution in [2.24, 2.45) is 0 Å². The molecule has 3 nitrogen and oxygen atoms in total. The Labute approximate surface area is 143 Å². The molecule has 0 fully saturated rings. The van der Waals surface area contributed by atoms with E-state index in [4.69, 9.17) is 0 Å². The Morgan fingerprint density at radius 1 is 1.04 bits per heavy atom. The van der Waals surface area contributed by atoms with Gasteiger partial charge in [-0.25, -0.2) is 0 Å². The van der Waals surface area contributed by atoms with Crippen molar-refractivity contribution in [3.63, 3.8) is 0 Å². The number of H-pyrrole nitrogens is 1. The van der Waals surface area contributed by atoms with Gasteiger partial charge in [-0.05, 0) is 45.4 Å². The number of aromatic amines is 1. The molecule has 0 aliphatic carbocycles. The summed E-state index contributed by atoms with van der Waals surface area (Å²) < 4.78 is 0. The van der Waals surface area contributed by atoms with Crippen LogP contribution in [0.1, 0.15) is 35.3 Å². The molecule has 1 N–H and O–H groups in total. The minimum Gasteiger partial charge on any atom is -0.354 e. The third-order valence-electron chi connectivity index (χ3n) is 4.69. The normalized spacial score (nSPS) is 11.0. The fourth-order valence-electron chi connectivity index (χ4n) is 3.29. The van der Waals surface area contributed by atoms with Gasteiger partial charge in [0.25, 0.3) is 5.91 Å². The van der Waals surface area contributed by atoms with Crippen LogP contribution < -0.4 is 0 Å². The number of carbonyl (C=O) groups excluding carboxylic acids is 1. The zero-order chi connectivity index (χ0) is 17.3. The van der Waals surface area contributed by atoms with Crippen LogP contribution in [-0.2, 0) is 0 Å². The maximum absolute atomic E-state index is 13.0. The van der Waals surface area contributed by atoms with Gasteiger partial charge in [-0.1, -0.05) is 35.9 Å². The van der Waals surface area contributed by atoms with E-state index >= 15 is 0 Å². The molecular formula is C21H24N2O. The highest BCUT2D eigenvalue weighted by Crippen LogP contribution is 2.32.